The molecule has 0 saturated heterocycles. The Kier molecular flexibility index (Phi) is 4.71. The normalized spacial score (nSPS) is 20.9. The van der Waals surface area contributed by atoms with Crippen LogP contribution in [0.1, 0.15) is 20.3 Å². The van der Waals surface area contributed by atoms with Gasteiger partial charge >= 0.3 is 69.0 Å². The van der Waals surface area contributed by atoms with E-state index >= 15 is 0 Å². The van der Waals surface area contributed by atoms with Crippen molar-refractivity contribution in [2.75, 3.05) is 6.66 Å². The molecule has 2 unspecified atom stereocenters. The van der Waals surface area contributed by atoms with E-state index in [-0.39, 0.29) is 6.10 Å². The summed E-state index contributed by atoms with van der Waals surface area (Å²) >= 11 is 8.68. The van der Waals surface area contributed by atoms with Gasteiger partial charge in [-0.3, -0.25) is 0 Å². The minimum atomic E-state index is -1.64. The maximum atomic E-state index is 5.84. The zero-order valence-corrected chi connectivity index (χ0v) is 9.29. The second-order valence-electron chi connectivity index (χ2n) is 2.07. The standard InChI is InChI=1S/C5H12ClOPSe/c1-4-5(2)7-8(3,6)9/h5H,4H2,1-3H3. The summed E-state index contributed by atoms with van der Waals surface area (Å²) in [5.41, 5.74) is 0. The van der Waals surface area contributed by atoms with Gasteiger partial charge in [-0.15, -0.1) is 0 Å². The SMILES string of the molecule is CCC(C)OP(C)(Cl)=[Se]. The molecule has 0 aliphatic carbocycles. The van der Waals surface area contributed by atoms with E-state index < -0.39 is 5.09 Å². The molecule has 0 heterocycles. The van der Waals surface area contributed by atoms with Crippen molar-refractivity contribution < 1.29 is 4.52 Å². The maximum absolute atomic E-state index is 5.84. The molecule has 0 aromatic carbocycles. The van der Waals surface area contributed by atoms with Crippen molar-refractivity contribution in [3.05, 3.63) is 0 Å². The molecule has 4 heteroatoms. The average molecular weight is 234 g/mol. The van der Waals surface area contributed by atoms with E-state index in [9.17, 15) is 0 Å². The van der Waals surface area contributed by atoms with Gasteiger partial charge in [-0.25, -0.2) is 0 Å². The van der Waals surface area contributed by atoms with Crippen LogP contribution >= 0.6 is 16.3 Å². The van der Waals surface area contributed by atoms with E-state index in [4.69, 9.17) is 15.8 Å². The summed E-state index contributed by atoms with van der Waals surface area (Å²) in [7, 11) is 0. The Bertz CT molecular complexity index is 122. The fraction of sp³-hybridized carbons (Fsp3) is 1.00. The van der Waals surface area contributed by atoms with Gasteiger partial charge in [0.1, 0.15) is 0 Å². The zero-order chi connectivity index (χ0) is 7.49. The van der Waals surface area contributed by atoms with Gasteiger partial charge in [0.25, 0.3) is 0 Å². The van der Waals surface area contributed by atoms with Crippen molar-refractivity contribution >= 4 is 31.4 Å². The molecule has 0 saturated carbocycles. The van der Waals surface area contributed by atoms with E-state index in [0.29, 0.717) is 0 Å². The van der Waals surface area contributed by atoms with Gasteiger partial charge < -0.3 is 0 Å². The van der Waals surface area contributed by atoms with Crippen LogP contribution in [0.4, 0.5) is 0 Å². The molecule has 0 fully saturated rings. The molecule has 56 valence electrons. The number of hydrogen-bond acceptors (Lipinski definition) is 1. The van der Waals surface area contributed by atoms with Crippen LogP contribution in [-0.2, 0) is 4.52 Å². The minimum absolute atomic E-state index is 0.280. The summed E-state index contributed by atoms with van der Waals surface area (Å²) in [6.45, 7) is 6.01. The van der Waals surface area contributed by atoms with E-state index in [1.54, 1.807) is 0 Å². The molecule has 1 nitrogen and oxygen atoms in total. The van der Waals surface area contributed by atoms with Crippen LogP contribution in [0.3, 0.4) is 0 Å². The molecular weight excluding hydrogens is 221 g/mol. The van der Waals surface area contributed by atoms with Crippen molar-refractivity contribution in [3.63, 3.8) is 0 Å². The van der Waals surface area contributed by atoms with Crippen LogP contribution < -0.4 is 0 Å². The van der Waals surface area contributed by atoms with Gasteiger partial charge in [-0.1, -0.05) is 0 Å². The molecule has 0 N–H and O–H groups in total. The Morgan fingerprint density at radius 2 is 2.22 bits per heavy atom. The monoisotopic (exact) mass is 234 g/mol. The predicted molar refractivity (Wildman–Crippen MR) is 45.3 cm³/mol. The first kappa shape index (κ1) is 10.2. The summed E-state index contributed by atoms with van der Waals surface area (Å²) < 4.78 is 5.41. The Morgan fingerprint density at radius 1 is 1.78 bits per heavy atom. The van der Waals surface area contributed by atoms with E-state index in [1.165, 1.54) is 0 Å². The van der Waals surface area contributed by atoms with Crippen LogP contribution in [0.2, 0.25) is 0 Å². The van der Waals surface area contributed by atoms with E-state index in [2.05, 4.69) is 22.0 Å². The molecule has 0 aromatic rings. The second kappa shape index (κ2) is 4.16. The number of hydrogen-bond donors (Lipinski definition) is 0. The van der Waals surface area contributed by atoms with Gasteiger partial charge in [-0.2, -0.15) is 0 Å². The topological polar surface area (TPSA) is 9.23 Å². The third-order valence-electron chi connectivity index (χ3n) is 0.943. The predicted octanol–water partition coefficient (Wildman–Crippen LogP) is 2.60. The van der Waals surface area contributed by atoms with Crippen molar-refractivity contribution in [2.45, 2.75) is 26.4 Å². The van der Waals surface area contributed by atoms with E-state index in [0.717, 1.165) is 6.42 Å². The Balaban J connectivity index is 3.60. The van der Waals surface area contributed by atoms with Crippen molar-refractivity contribution in [1.29, 1.82) is 0 Å². The van der Waals surface area contributed by atoms with Gasteiger partial charge in [-0.05, 0) is 0 Å². The van der Waals surface area contributed by atoms with Crippen LogP contribution in [0.25, 0.3) is 0 Å². The van der Waals surface area contributed by atoms with Gasteiger partial charge in [0.2, 0.25) is 0 Å². The van der Waals surface area contributed by atoms with Crippen LogP contribution in [0.5, 0.6) is 0 Å². The quantitative estimate of drug-likeness (QED) is 0.538. The summed E-state index contributed by atoms with van der Waals surface area (Å²) in [5.74, 6) is 0. The molecule has 0 spiro atoms. The summed E-state index contributed by atoms with van der Waals surface area (Å²) in [6.07, 6.45) is 1.30. The molecule has 0 amide bonds. The summed E-state index contributed by atoms with van der Waals surface area (Å²) in [6, 6.07) is 0. The summed E-state index contributed by atoms with van der Waals surface area (Å²) in [4.78, 5) is 0. The molecule has 0 aromatic heterocycles. The Hall–Kier alpha value is 1.20. The van der Waals surface area contributed by atoms with Crippen molar-refractivity contribution in [2.24, 2.45) is 0 Å². The molecule has 0 aliphatic heterocycles. The number of rotatable bonds is 3. The molecule has 2 atom stereocenters. The molecule has 9 heavy (non-hydrogen) atoms. The molecular formula is C5H12ClOPSe. The fourth-order valence-electron chi connectivity index (χ4n) is 0.396. The second-order valence-corrected chi connectivity index (χ2v) is 11.5. The van der Waals surface area contributed by atoms with Crippen molar-refractivity contribution in [3.8, 4) is 0 Å². The van der Waals surface area contributed by atoms with Gasteiger partial charge in [0.15, 0.2) is 0 Å². The average Bonchev–Trinajstić information content (AvgIpc) is 1.62. The van der Waals surface area contributed by atoms with Gasteiger partial charge in [0, 0.05) is 0 Å². The molecule has 0 bridgehead atoms. The van der Waals surface area contributed by atoms with Crippen molar-refractivity contribution in [1.82, 2.24) is 0 Å². The Morgan fingerprint density at radius 3 is 2.33 bits per heavy atom. The third-order valence-corrected chi connectivity index (χ3v) is 2.46. The zero-order valence-electron chi connectivity index (χ0n) is 5.93. The molecule has 0 rings (SSSR count). The van der Waals surface area contributed by atoms with Crippen LogP contribution in [0.15, 0.2) is 0 Å². The first-order valence-corrected chi connectivity index (χ1v) is 8.19. The van der Waals surface area contributed by atoms with Crippen LogP contribution in [0, 0.1) is 0 Å². The summed E-state index contributed by atoms with van der Waals surface area (Å²) in [5, 5.41) is -1.64. The third kappa shape index (κ3) is 7.09. The first-order chi connectivity index (χ1) is 3.95. The van der Waals surface area contributed by atoms with E-state index in [1.807, 2.05) is 13.6 Å². The Labute approximate surface area is 69.2 Å². The first-order valence-electron chi connectivity index (χ1n) is 2.91. The van der Waals surface area contributed by atoms with Crippen LogP contribution in [-0.4, -0.2) is 27.9 Å². The number of halogens is 1. The molecule has 0 aliphatic rings. The van der Waals surface area contributed by atoms with Gasteiger partial charge in [0.05, 0.1) is 0 Å². The molecule has 0 radical (unpaired) electrons. The fourth-order valence-corrected chi connectivity index (χ4v) is 2.52.